The SMILES string of the molecule is C[I-]Cc1ccc2c(c1)C1(c3cc(C)ccc3-2)c2cc(C)ccc2-c2ccc(C[I-]C)cc21. The van der Waals surface area contributed by atoms with E-state index in [9.17, 15) is 0 Å². The second kappa shape index (κ2) is 8.23. The van der Waals surface area contributed by atoms with E-state index in [1.54, 1.807) is 0 Å². The van der Waals surface area contributed by atoms with Crippen molar-refractivity contribution in [2.45, 2.75) is 28.1 Å². The molecular weight excluding hydrogens is 626 g/mol. The van der Waals surface area contributed by atoms with Crippen LogP contribution in [0.1, 0.15) is 44.5 Å². The van der Waals surface area contributed by atoms with E-state index < -0.39 is 0 Å². The number of hydrogen-bond acceptors (Lipinski definition) is 0. The Morgan fingerprint density at radius 3 is 1.27 bits per heavy atom. The van der Waals surface area contributed by atoms with Crippen LogP contribution in [0.5, 0.6) is 0 Å². The van der Waals surface area contributed by atoms with Crippen LogP contribution in [0, 0.1) is 13.8 Å². The molecule has 0 unspecified atom stereocenters. The van der Waals surface area contributed by atoms with Crippen molar-refractivity contribution >= 4 is 0 Å². The van der Waals surface area contributed by atoms with Crippen LogP contribution >= 0.6 is 0 Å². The zero-order valence-corrected chi connectivity index (χ0v) is 23.9. The first-order chi connectivity index (χ1) is 16.1. The Balaban J connectivity index is 1.79. The van der Waals surface area contributed by atoms with Gasteiger partial charge < -0.3 is 0 Å². The molecule has 0 aromatic heterocycles. The van der Waals surface area contributed by atoms with Crippen LogP contribution in [0.25, 0.3) is 22.3 Å². The number of aryl methyl sites for hydroxylation is 2. The maximum atomic E-state index is 2.56. The molecule has 4 aromatic rings. The van der Waals surface area contributed by atoms with Gasteiger partial charge in [-0.1, -0.05) is 0 Å². The van der Waals surface area contributed by atoms with Crippen molar-refractivity contribution in [1.29, 1.82) is 0 Å². The summed E-state index contributed by atoms with van der Waals surface area (Å²) in [6.45, 7) is 4.49. The zero-order chi connectivity index (χ0) is 22.7. The van der Waals surface area contributed by atoms with Gasteiger partial charge in [0, 0.05) is 0 Å². The molecule has 0 nitrogen and oxygen atoms in total. The zero-order valence-electron chi connectivity index (χ0n) is 19.6. The second-order valence-corrected chi connectivity index (χ2v) is 14.0. The van der Waals surface area contributed by atoms with Crippen molar-refractivity contribution < 1.29 is 42.4 Å². The fourth-order valence-corrected chi connectivity index (χ4v) is 8.74. The van der Waals surface area contributed by atoms with E-state index >= 15 is 0 Å². The quantitative estimate of drug-likeness (QED) is 0.198. The van der Waals surface area contributed by atoms with Gasteiger partial charge in [-0.25, -0.2) is 0 Å². The van der Waals surface area contributed by atoms with Gasteiger partial charge in [-0.05, 0) is 0 Å². The average molecular weight is 654 g/mol. The van der Waals surface area contributed by atoms with E-state index in [1.165, 1.54) is 75.6 Å². The van der Waals surface area contributed by atoms with Gasteiger partial charge in [-0.2, -0.15) is 0 Å². The minimum atomic E-state index is -0.197. The molecule has 0 N–H and O–H groups in total. The Hall–Kier alpha value is -1.66. The third-order valence-corrected chi connectivity index (χ3v) is 10.6. The van der Waals surface area contributed by atoms with Crippen molar-refractivity contribution in [1.82, 2.24) is 0 Å². The Morgan fingerprint density at radius 2 is 0.879 bits per heavy atom. The maximum absolute atomic E-state index is 2.56. The van der Waals surface area contributed by atoms with Crippen molar-refractivity contribution in [2.24, 2.45) is 0 Å². The molecule has 2 heteroatoms. The number of rotatable bonds is 4. The second-order valence-electron chi connectivity index (χ2n) is 9.41. The fourth-order valence-electron chi connectivity index (χ4n) is 6.02. The van der Waals surface area contributed by atoms with Gasteiger partial charge in [0.25, 0.3) is 0 Å². The first-order valence-electron chi connectivity index (χ1n) is 11.4. The van der Waals surface area contributed by atoms with Gasteiger partial charge in [-0.3, -0.25) is 0 Å². The molecule has 6 rings (SSSR count). The van der Waals surface area contributed by atoms with E-state index in [2.05, 4.69) is 96.5 Å². The molecule has 0 saturated carbocycles. The third kappa shape index (κ3) is 3.12. The molecule has 2 aliphatic rings. The standard InChI is InChI=1S/C31H28I2/c1-19-5-9-23-25-11-7-21(17-32-3)15-29(25)31(27(23)13-19)28-14-20(2)6-10-24(28)26-12-8-22(18-33-4)16-30(26)31/h5-16H,17-18H2,1-4H3/q-2. The molecule has 0 heterocycles. The summed E-state index contributed by atoms with van der Waals surface area (Å²) in [5.41, 5.74) is 17.2. The van der Waals surface area contributed by atoms with E-state index in [-0.39, 0.29) is 47.8 Å². The summed E-state index contributed by atoms with van der Waals surface area (Å²) < 4.78 is 2.48. The summed E-state index contributed by atoms with van der Waals surface area (Å²) >= 11 is 0.426. The van der Waals surface area contributed by atoms with E-state index in [1.807, 2.05) is 0 Å². The summed E-state index contributed by atoms with van der Waals surface area (Å²) in [4.78, 5) is 4.78. The predicted octanol–water partition coefficient (Wildman–Crippen LogP) is 1.08. The number of halogens is 2. The summed E-state index contributed by atoms with van der Waals surface area (Å²) in [6, 6.07) is 29.0. The summed E-state index contributed by atoms with van der Waals surface area (Å²) in [5.74, 6) is 0. The van der Waals surface area contributed by atoms with Crippen LogP contribution in [-0.4, -0.2) is 9.86 Å². The van der Waals surface area contributed by atoms with Crippen molar-refractivity contribution in [2.75, 3.05) is 9.86 Å². The number of alkyl halides is 4. The van der Waals surface area contributed by atoms with Gasteiger partial charge in [-0.15, -0.1) is 0 Å². The number of hydrogen-bond donors (Lipinski definition) is 0. The van der Waals surface area contributed by atoms with Crippen molar-refractivity contribution in [3.8, 4) is 22.3 Å². The Labute approximate surface area is 218 Å². The Kier molecular flexibility index (Phi) is 5.45. The first-order valence-corrected chi connectivity index (χ1v) is 18.8. The molecule has 0 atom stereocenters. The van der Waals surface area contributed by atoms with E-state index in [0.717, 1.165) is 0 Å². The van der Waals surface area contributed by atoms with Gasteiger partial charge in [0.2, 0.25) is 0 Å². The average Bonchev–Trinajstić information content (AvgIpc) is 3.25. The van der Waals surface area contributed by atoms with Crippen LogP contribution in [0.2, 0.25) is 0 Å². The molecule has 0 radical (unpaired) electrons. The molecule has 4 aromatic carbocycles. The normalized spacial score (nSPS) is 14.4. The van der Waals surface area contributed by atoms with Crippen LogP contribution in [-0.2, 0) is 14.3 Å². The molecule has 0 aliphatic heterocycles. The monoisotopic (exact) mass is 654 g/mol. The Bertz CT molecular complexity index is 1300. The fraction of sp³-hybridized carbons (Fsp3) is 0.226. The summed E-state index contributed by atoms with van der Waals surface area (Å²) in [6.07, 6.45) is 0. The molecule has 1 spiro atoms. The predicted molar refractivity (Wildman–Crippen MR) is 131 cm³/mol. The summed E-state index contributed by atoms with van der Waals surface area (Å²) in [5, 5.41) is 0. The van der Waals surface area contributed by atoms with Crippen molar-refractivity contribution in [3.63, 3.8) is 0 Å². The van der Waals surface area contributed by atoms with Gasteiger partial charge >= 0.3 is 220 Å². The van der Waals surface area contributed by atoms with Crippen LogP contribution in [0.15, 0.2) is 72.8 Å². The van der Waals surface area contributed by atoms with Crippen LogP contribution in [0.4, 0.5) is 0 Å². The van der Waals surface area contributed by atoms with Gasteiger partial charge in [0.15, 0.2) is 0 Å². The Morgan fingerprint density at radius 1 is 0.515 bits per heavy atom. The number of fused-ring (bicyclic) bond motifs is 10. The third-order valence-electron chi connectivity index (χ3n) is 7.29. The van der Waals surface area contributed by atoms with Gasteiger partial charge in [0.05, 0.1) is 0 Å². The molecule has 2 aliphatic carbocycles. The van der Waals surface area contributed by atoms with E-state index in [0.29, 0.717) is 0 Å². The van der Waals surface area contributed by atoms with Gasteiger partial charge in [0.1, 0.15) is 0 Å². The molecule has 0 amide bonds. The minimum absolute atomic E-state index is 0.197. The molecule has 0 bridgehead atoms. The first kappa shape index (κ1) is 21.8. The number of benzene rings is 4. The molecule has 168 valence electrons. The summed E-state index contributed by atoms with van der Waals surface area (Å²) in [7, 11) is 0. The molecule has 33 heavy (non-hydrogen) atoms. The topological polar surface area (TPSA) is 0 Å². The van der Waals surface area contributed by atoms with Crippen LogP contribution in [0.3, 0.4) is 0 Å². The van der Waals surface area contributed by atoms with Crippen molar-refractivity contribution in [3.05, 3.63) is 117 Å². The molecular formula is C31H28I2-2. The van der Waals surface area contributed by atoms with E-state index in [4.69, 9.17) is 0 Å². The van der Waals surface area contributed by atoms with Crippen LogP contribution < -0.4 is 42.4 Å². The molecule has 0 fully saturated rings. The molecule has 0 saturated heterocycles.